The van der Waals surface area contributed by atoms with Crippen LogP contribution < -0.4 is 5.32 Å². The molecule has 1 heterocycles. The van der Waals surface area contributed by atoms with Crippen LogP contribution in [-0.4, -0.2) is 27.6 Å². The Hall–Kier alpha value is -2.76. The van der Waals surface area contributed by atoms with Crippen molar-refractivity contribution in [2.75, 3.05) is 0 Å². The number of rotatable bonds is 4. The third kappa shape index (κ3) is 4.95. The molecule has 1 aromatic carbocycles. The number of nitrogens with one attached hydrogen (secondary N) is 2. The maximum Gasteiger partial charge on any atom is 0.330 e. The zero-order valence-electron chi connectivity index (χ0n) is 9.98. The molecular formula is C13H14N2O4. The SMILES string of the molecule is O=CNC(C(=O)O)c1ccccc1.Oc1cc[nH]c1. The van der Waals surface area contributed by atoms with Gasteiger partial charge < -0.3 is 20.5 Å². The van der Waals surface area contributed by atoms with E-state index in [1.54, 1.807) is 42.6 Å². The van der Waals surface area contributed by atoms with Crippen molar-refractivity contribution >= 4 is 12.4 Å². The molecule has 1 atom stereocenters. The zero-order chi connectivity index (χ0) is 14.1. The van der Waals surface area contributed by atoms with Gasteiger partial charge in [0.2, 0.25) is 6.41 Å². The first-order valence-electron chi connectivity index (χ1n) is 5.44. The van der Waals surface area contributed by atoms with Gasteiger partial charge in [0.1, 0.15) is 5.75 Å². The van der Waals surface area contributed by atoms with Gasteiger partial charge in [0.25, 0.3) is 0 Å². The van der Waals surface area contributed by atoms with Crippen molar-refractivity contribution in [2.24, 2.45) is 0 Å². The molecule has 0 aliphatic heterocycles. The Morgan fingerprint density at radius 3 is 2.32 bits per heavy atom. The first kappa shape index (κ1) is 14.3. The number of carboxylic acid groups (broad SMARTS) is 1. The van der Waals surface area contributed by atoms with E-state index in [9.17, 15) is 9.59 Å². The maximum atomic E-state index is 10.7. The Balaban J connectivity index is 0.000000250. The lowest BCUT2D eigenvalue weighted by molar-refractivity contribution is -0.140. The van der Waals surface area contributed by atoms with Crippen molar-refractivity contribution < 1.29 is 19.8 Å². The number of hydrogen-bond acceptors (Lipinski definition) is 3. The molecule has 6 heteroatoms. The first-order chi connectivity index (χ1) is 9.15. The fourth-order valence-electron chi connectivity index (χ4n) is 1.34. The second kappa shape index (κ2) is 7.54. The van der Waals surface area contributed by atoms with Crippen LogP contribution in [0.15, 0.2) is 48.8 Å². The Morgan fingerprint density at radius 1 is 1.26 bits per heavy atom. The van der Waals surface area contributed by atoms with Crippen LogP contribution >= 0.6 is 0 Å². The highest BCUT2D eigenvalue weighted by Crippen LogP contribution is 2.11. The predicted molar refractivity (Wildman–Crippen MR) is 68.5 cm³/mol. The standard InChI is InChI=1S/C9H9NO3.C4H5NO/c11-6-10-8(9(12)13)7-4-2-1-3-5-7;6-4-1-2-5-3-4/h1-6,8H,(H,10,11)(H,12,13);1-3,5-6H. The van der Waals surface area contributed by atoms with Crippen LogP contribution in [0.3, 0.4) is 0 Å². The van der Waals surface area contributed by atoms with Crippen molar-refractivity contribution in [2.45, 2.75) is 6.04 Å². The van der Waals surface area contributed by atoms with Gasteiger partial charge in [-0.15, -0.1) is 0 Å². The average molecular weight is 262 g/mol. The lowest BCUT2D eigenvalue weighted by Gasteiger charge is -2.10. The van der Waals surface area contributed by atoms with E-state index >= 15 is 0 Å². The van der Waals surface area contributed by atoms with E-state index in [2.05, 4.69) is 10.3 Å². The lowest BCUT2D eigenvalue weighted by atomic mass is 10.1. The number of benzene rings is 1. The monoisotopic (exact) mass is 262 g/mol. The summed E-state index contributed by atoms with van der Waals surface area (Å²) in [6, 6.07) is 9.14. The molecule has 1 unspecified atom stereocenters. The third-order valence-corrected chi connectivity index (χ3v) is 2.20. The highest BCUT2D eigenvalue weighted by molar-refractivity contribution is 5.78. The zero-order valence-corrected chi connectivity index (χ0v) is 9.98. The van der Waals surface area contributed by atoms with Crippen LogP contribution in [0.2, 0.25) is 0 Å². The molecule has 0 saturated carbocycles. The molecule has 0 aliphatic carbocycles. The number of H-pyrrole nitrogens is 1. The van der Waals surface area contributed by atoms with Crippen molar-refractivity contribution in [1.29, 1.82) is 0 Å². The number of carbonyl (C=O) groups is 2. The highest BCUT2D eigenvalue weighted by Gasteiger charge is 2.17. The van der Waals surface area contributed by atoms with Gasteiger partial charge in [-0.1, -0.05) is 30.3 Å². The minimum absolute atomic E-state index is 0.287. The number of carboxylic acids is 1. The second-order valence-electron chi connectivity index (χ2n) is 3.54. The van der Waals surface area contributed by atoms with E-state index in [1.807, 2.05) is 0 Å². The molecular weight excluding hydrogens is 248 g/mol. The number of aromatic hydroxyl groups is 1. The third-order valence-electron chi connectivity index (χ3n) is 2.20. The normalized spacial score (nSPS) is 10.7. The van der Waals surface area contributed by atoms with Crippen molar-refractivity contribution in [3.8, 4) is 5.75 Å². The van der Waals surface area contributed by atoms with E-state index in [0.717, 1.165) is 0 Å². The summed E-state index contributed by atoms with van der Waals surface area (Å²) in [5.41, 5.74) is 0.558. The van der Waals surface area contributed by atoms with Gasteiger partial charge in [0.15, 0.2) is 6.04 Å². The Morgan fingerprint density at radius 2 is 1.95 bits per heavy atom. The maximum absolute atomic E-state index is 10.7. The molecule has 0 spiro atoms. The molecule has 0 radical (unpaired) electrons. The summed E-state index contributed by atoms with van der Waals surface area (Å²) < 4.78 is 0. The number of aromatic amines is 1. The van der Waals surface area contributed by atoms with E-state index in [4.69, 9.17) is 10.2 Å². The summed E-state index contributed by atoms with van der Waals surface area (Å²) in [6.07, 6.45) is 3.56. The van der Waals surface area contributed by atoms with Crippen LogP contribution in [0.5, 0.6) is 5.75 Å². The number of hydrogen-bond donors (Lipinski definition) is 4. The van der Waals surface area contributed by atoms with Crippen LogP contribution in [0, 0.1) is 0 Å². The molecule has 19 heavy (non-hydrogen) atoms. The van der Waals surface area contributed by atoms with Crippen LogP contribution in [0.1, 0.15) is 11.6 Å². The Bertz CT molecular complexity index is 497. The molecule has 2 rings (SSSR count). The van der Waals surface area contributed by atoms with E-state index in [0.29, 0.717) is 12.0 Å². The summed E-state index contributed by atoms with van der Waals surface area (Å²) in [7, 11) is 0. The highest BCUT2D eigenvalue weighted by atomic mass is 16.4. The molecule has 1 amide bonds. The summed E-state index contributed by atoms with van der Waals surface area (Å²) in [4.78, 5) is 23.5. The first-order valence-corrected chi connectivity index (χ1v) is 5.44. The van der Waals surface area contributed by atoms with Crippen molar-refractivity contribution in [3.05, 3.63) is 54.4 Å². The summed E-state index contributed by atoms with van der Waals surface area (Å²) in [6.45, 7) is 0. The molecule has 6 nitrogen and oxygen atoms in total. The number of aromatic nitrogens is 1. The van der Waals surface area contributed by atoms with Crippen LogP contribution in [0.25, 0.3) is 0 Å². The molecule has 4 N–H and O–H groups in total. The average Bonchev–Trinajstić information content (AvgIpc) is 2.88. The predicted octanol–water partition coefficient (Wildman–Crippen LogP) is 1.28. The Kier molecular flexibility index (Phi) is 5.68. The van der Waals surface area contributed by atoms with Gasteiger partial charge >= 0.3 is 5.97 Å². The molecule has 0 bridgehead atoms. The molecule has 0 fully saturated rings. The summed E-state index contributed by atoms with van der Waals surface area (Å²) in [5.74, 6) is -0.784. The molecule has 0 aliphatic rings. The van der Waals surface area contributed by atoms with Crippen LogP contribution in [0.4, 0.5) is 0 Å². The molecule has 2 aromatic rings. The van der Waals surface area contributed by atoms with E-state index in [1.165, 1.54) is 6.20 Å². The van der Waals surface area contributed by atoms with Gasteiger partial charge in [0.05, 0.1) is 0 Å². The second-order valence-corrected chi connectivity index (χ2v) is 3.54. The van der Waals surface area contributed by atoms with Gasteiger partial charge in [-0.25, -0.2) is 4.79 Å². The smallest absolute Gasteiger partial charge is 0.330 e. The summed E-state index contributed by atoms with van der Waals surface area (Å²) >= 11 is 0. The van der Waals surface area contributed by atoms with Gasteiger partial charge in [-0.3, -0.25) is 4.79 Å². The lowest BCUT2D eigenvalue weighted by Crippen LogP contribution is -2.27. The minimum Gasteiger partial charge on any atom is -0.506 e. The molecule has 0 saturated heterocycles. The number of aliphatic carboxylic acids is 1. The summed E-state index contributed by atoms with van der Waals surface area (Å²) in [5, 5.41) is 19.4. The van der Waals surface area contributed by atoms with Gasteiger partial charge in [-0.05, 0) is 11.6 Å². The molecule has 1 aromatic heterocycles. The minimum atomic E-state index is -1.07. The fourth-order valence-corrected chi connectivity index (χ4v) is 1.34. The number of carbonyl (C=O) groups excluding carboxylic acids is 1. The van der Waals surface area contributed by atoms with E-state index in [-0.39, 0.29) is 5.75 Å². The largest absolute Gasteiger partial charge is 0.506 e. The fraction of sp³-hybridized carbons (Fsp3) is 0.0769. The van der Waals surface area contributed by atoms with Crippen molar-refractivity contribution in [3.63, 3.8) is 0 Å². The number of amides is 1. The molecule has 100 valence electrons. The Labute approximate surface area is 109 Å². The quantitative estimate of drug-likeness (QED) is 0.623. The topological polar surface area (TPSA) is 102 Å². The van der Waals surface area contributed by atoms with Gasteiger partial charge in [-0.2, -0.15) is 0 Å². The van der Waals surface area contributed by atoms with E-state index < -0.39 is 12.0 Å². The van der Waals surface area contributed by atoms with Crippen molar-refractivity contribution in [1.82, 2.24) is 10.3 Å². The van der Waals surface area contributed by atoms with Crippen LogP contribution in [-0.2, 0) is 9.59 Å². The van der Waals surface area contributed by atoms with Gasteiger partial charge in [0, 0.05) is 12.4 Å².